The summed E-state index contributed by atoms with van der Waals surface area (Å²) in [5, 5.41) is 3.21. The number of nitrogens with zero attached hydrogens (tertiary/aromatic N) is 4. The Morgan fingerprint density at radius 1 is 1.04 bits per heavy atom. The van der Waals surface area contributed by atoms with E-state index in [0.29, 0.717) is 24.0 Å². The highest BCUT2D eigenvalue weighted by molar-refractivity contribution is 5.91. The molecule has 3 rings (SSSR count). The molecule has 0 radical (unpaired) electrons. The molecule has 0 aliphatic rings. The van der Waals surface area contributed by atoms with Crippen LogP contribution >= 0.6 is 0 Å². The second kappa shape index (κ2) is 9.08. The van der Waals surface area contributed by atoms with Gasteiger partial charge in [0.25, 0.3) is 5.91 Å². The van der Waals surface area contributed by atoms with Gasteiger partial charge in [0.2, 0.25) is 0 Å². The third-order valence-electron chi connectivity index (χ3n) is 4.55. The molecule has 0 unspecified atom stereocenters. The van der Waals surface area contributed by atoms with Gasteiger partial charge in [-0.3, -0.25) is 9.78 Å². The van der Waals surface area contributed by atoms with E-state index in [2.05, 4.69) is 46.2 Å². The number of benzene rings is 1. The first-order chi connectivity index (χ1) is 13.5. The normalized spacial score (nSPS) is 10.7. The van der Waals surface area contributed by atoms with E-state index < -0.39 is 0 Å². The number of anilines is 2. The summed E-state index contributed by atoms with van der Waals surface area (Å²) in [7, 11) is 1.77. The smallest absolute Gasteiger partial charge is 0.273 e. The van der Waals surface area contributed by atoms with Crippen LogP contribution in [0, 0.1) is 0 Å². The summed E-state index contributed by atoms with van der Waals surface area (Å²) in [5.41, 5.74) is 3.70. The van der Waals surface area contributed by atoms with E-state index in [9.17, 15) is 4.79 Å². The summed E-state index contributed by atoms with van der Waals surface area (Å²) in [6.07, 6.45) is 7.37. The van der Waals surface area contributed by atoms with Crippen LogP contribution in [0.3, 0.4) is 0 Å². The first kappa shape index (κ1) is 19.5. The SMILES string of the molecule is CC(C)c1ccc(Nc2cnc(C(=O)N(C)CCc3ccncc3)cn2)cc1. The maximum Gasteiger partial charge on any atom is 0.273 e. The van der Waals surface area contributed by atoms with E-state index in [4.69, 9.17) is 0 Å². The van der Waals surface area contributed by atoms with Gasteiger partial charge < -0.3 is 10.2 Å². The molecule has 0 bridgehead atoms. The maximum absolute atomic E-state index is 12.5. The molecule has 0 saturated heterocycles. The van der Waals surface area contributed by atoms with Gasteiger partial charge in [0.15, 0.2) is 0 Å². The van der Waals surface area contributed by atoms with Gasteiger partial charge in [0.1, 0.15) is 11.5 Å². The first-order valence-electron chi connectivity index (χ1n) is 9.36. The van der Waals surface area contributed by atoms with Crippen molar-refractivity contribution in [3.8, 4) is 0 Å². The Labute approximate surface area is 165 Å². The van der Waals surface area contributed by atoms with Gasteiger partial charge in [0.05, 0.1) is 12.4 Å². The van der Waals surface area contributed by atoms with Crippen molar-refractivity contribution < 1.29 is 4.79 Å². The lowest BCUT2D eigenvalue weighted by Crippen LogP contribution is -2.29. The van der Waals surface area contributed by atoms with Crippen LogP contribution in [0.4, 0.5) is 11.5 Å². The summed E-state index contributed by atoms with van der Waals surface area (Å²) >= 11 is 0. The minimum Gasteiger partial charge on any atom is -0.340 e. The minimum atomic E-state index is -0.144. The van der Waals surface area contributed by atoms with Crippen molar-refractivity contribution in [2.75, 3.05) is 18.9 Å². The van der Waals surface area contributed by atoms with E-state index in [1.54, 1.807) is 30.5 Å². The predicted molar refractivity (Wildman–Crippen MR) is 111 cm³/mol. The number of hydrogen-bond donors (Lipinski definition) is 1. The summed E-state index contributed by atoms with van der Waals surface area (Å²) in [6.45, 7) is 4.93. The molecule has 6 heteroatoms. The average Bonchev–Trinajstić information content (AvgIpc) is 2.73. The number of nitrogens with one attached hydrogen (secondary N) is 1. The highest BCUT2D eigenvalue weighted by Gasteiger charge is 2.13. The Morgan fingerprint density at radius 3 is 2.36 bits per heavy atom. The van der Waals surface area contributed by atoms with Crippen LogP contribution in [0.15, 0.2) is 61.2 Å². The summed E-state index contributed by atoms with van der Waals surface area (Å²) in [6, 6.07) is 12.1. The summed E-state index contributed by atoms with van der Waals surface area (Å²) < 4.78 is 0. The predicted octanol–water partition coefficient (Wildman–Crippen LogP) is 4.05. The maximum atomic E-state index is 12.5. The quantitative estimate of drug-likeness (QED) is 0.674. The van der Waals surface area contributed by atoms with Crippen molar-refractivity contribution in [1.29, 1.82) is 0 Å². The van der Waals surface area contributed by atoms with Crippen molar-refractivity contribution in [2.45, 2.75) is 26.2 Å². The lowest BCUT2D eigenvalue weighted by Gasteiger charge is -2.16. The highest BCUT2D eigenvalue weighted by atomic mass is 16.2. The van der Waals surface area contributed by atoms with E-state index in [-0.39, 0.29) is 5.91 Å². The molecule has 28 heavy (non-hydrogen) atoms. The van der Waals surface area contributed by atoms with Crippen LogP contribution in [0.5, 0.6) is 0 Å². The number of rotatable bonds is 7. The molecule has 0 spiro atoms. The van der Waals surface area contributed by atoms with E-state index >= 15 is 0 Å². The number of amides is 1. The molecule has 3 aromatic rings. The first-order valence-corrected chi connectivity index (χ1v) is 9.36. The Morgan fingerprint density at radius 2 is 1.75 bits per heavy atom. The van der Waals surface area contributed by atoms with Crippen LogP contribution in [0.2, 0.25) is 0 Å². The number of pyridine rings is 1. The van der Waals surface area contributed by atoms with Crippen molar-refractivity contribution in [3.05, 3.63) is 78.0 Å². The van der Waals surface area contributed by atoms with Gasteiger partial charge in [-0.15, -0.1) is 0 Å². The standard InChI is InChI=1S/C22H25N5O/c1-16(2)18-4-6-19(7-5-18)26-21-15-24-20(14-25-21)22(28)27(3)13-10-17-8-11-23-12-9-17/h4-9,11-12,14-16H,10,13H2,1-3H3,(H,25,26). The van der Waals surface area contributed by atoms with Gasteiger partial charge in [-0.05, 0) is 47.7 Å². The van der Waals surface area contributed by atoms with Crippen molar-refractivity contribution in [1.82, 2.24) is 19.9 Å². The van der Waals surface area contributed by atoms with Gasteiger partial charge in [-0.1, -0.05) is 26.0 Å². The molecule has 0 fully saturated rings. The highest BCUT2D eigenvalue weighted by Crippen LogP contribution is 2.19. The molecule has 1 N–H and O–H groups in total. The largest absolute Gasteiger partial charge is 0.340 e. The van der Waals surface area contributed by atoms with Crippen LogP contribution in [0.1, 0.15) is 41.4 Å². The monoisotopic (exact) mass is 375 g/mol. The zero-order valence-corrected chi connectivity index (χ0v) is 16.5. The Kier molecular flexibility index (Phi) is 6.32. The molecule has 0 saturated carbocycles. The Hall–Kier alpha value is -3.28. The molecule has 2 aromatic heterocycles. The fraction of sp³-hybridized carbons (Fsp3) is 0.273. The lowest BCUT2D eigenvalue weighted by molar-refractivity contribution is 0.0790. The topological polar surface area (TPSA) is 71.0 Å². The third-order valence-corrected chi connectivity index (χ3v) is 4.55. The molecule has 2 heterocycles. The van der Waals surface area contributed by atoms with Gasteiger partial charge >= 0.3 is 0 Å². The van der Waals surface area contributed by atoms with Gasteiger partial charge in [-0.2, -0.15) is 0 Å². The molecule has 0 atom stereocenters. The number of carbonyl (C=O) groups excluding carboxylic acids is 1. The molecular formula is C22H25N5O. The molecular weight excluding hydrogens is 350 g/mol. The fourth-order valence-corrected chi connectivity index (χ4v) is 2.75. The van der Waals surface area contributed by atoms with Crippen molar-refractivity contribution in [3.63, 3.8) is 0 Å². The zero-order valence-electron chi connectivity index (χ0n) is 16.5. The molecule has 6 nitrogen and oxygen atoms in total. The number of aromatic nitrogens is 3. The lowest BCUT2D eigenvalue weighted by atomic mass is 10.0. The zero-order chi connectivity index (χ0) is 19.9. The van der Waals surface area contributed by atoms with E-state index in [1.807, 2.05) is 24.3 Å². The molecule has 144 valence electrons. The number of likely N-dealkylation sites (N-methyl/N-ethyl adjacent to an activating group) is 1. The Bertz CT molecular complexity index is 892. The average molecular weight is 375 g/mol. The van der Waals surface area contributed by atoms with Crippen molar-refractivity contribution in [2.24, 2.45) is 0 Å². The molecule has 1 aromatic carbocycles. The van der Waals surface area contributed by atoms with Gasteiger partial charge in [-0.25, -0.2) is 9.97 Å². The fourth-order valence-electron chi connectivity index (χ4n) is 2.75. The summed E-state index contributed by atoms with van der Waals surface area (Å²) in [4.78, 5) is 26.8. The second-order valence-corrected chi connectivity index (χ2v) is 7.02. The molecule has 1 amide bonds. The van der Waals surface area contributed by atoms with Gasteiger partial charge in [0, 0.05) is 31.7 Å². The second-order valence-electron chi connectivity index (χ2n) is 7.02. The van der Waals surface area contributed by atoms with E-state index in [1.165, 1.54) is 11.8 Å². The minimum absolute atomic E-state index is 0.144. The summed E-state index contributed by atoms with van der Waals surface area (Å²) in [5.74, 6) is 0.956. The van der Waals surface area contributed by atoms with Crippen LogP contribution < -0.4 is 5.32 Å². The van der Waals surface area contributed by atoms with Crippen LogP contribution in [-0.2, 0) is 6.42 Å². The molecule has 0 aliphatic heterocycles. The van der Waals surface area contributed by atoms with Crippen molar-refractivity contribution >= 4 is 17.4 Å². The third kappa shape index (κ3) is 5.13. The Balaban J connectivity index is 1.57. The number of carbonyl (C=O) groups is 1. The van der Waals surface area contributed by atoms with E-state index in [0.717, 1.165) is 17.7 Å². The van der Waals surface area contributed by atoms with Crippen LogP contribution in [-0.4, -0.2) is 39.4 Å². The number of hydrogen-bond acceptors (Lipinski definition) is 5. The molecule has 0 aliphatic carbocycles. The van der Waals surface area contributed by atoms with Crippen LogP contribution in [0.25, 0.3) is 0 Å².